The largest absolute Gasteiger partial charge is 0.396 e. The van der Waals surface area contributed by atoms with Crippen molar-refractivity contribution in [2.24, 2.45) is 0 Å². The molecule has 0 aliphatic rings. The number of anilines is 2. The fourth-order valence-corrected chi connectivity index (χ4v) is 1.74. The van der Waals surface area contributed by atoms with Gasteiger partial charge in [0.25, 0.3) is 0 Å². The fourth-order valence-electron chi connectivity index (χ4n) is 1.74. The van der Waals surface area contributed by atoms with Gasteiger partial charge in [0.05, 0.1) is 12.1 Å². The van der Waals surface area contributed by atoms with E-state index in [1.54, 1.807) is 0 Å². The molecule has 2 aromatic rings. The number of benzene rings is 1. The Balaban J connectivity index is 2.28. The second-order valence-corrected chi connectivity index (χ2v) is 4.07. The summed E-state index contributed by atoms with van der Waals surface area (Å²) in [6.45, 7) is 1.24. The van der Waals surface area contributed by atoms with Gasteiger partial charge in [0.2, 0.25) is 5.95 Å². The molecule has 0 atom stereocenters. The molecule has 0 amide bonds. The number of hydrogen-bond acceptors (Lipinski definition) is 6. The van der Waals surface area contributed by atoms with Crippen LogP contribution < -0.4 is 10.6 Å². The molecule has 0 unspecified atom stereocenters. The van der Waals surface area contributed by atoms with Crippen LogP contribution in [0.5, 0.6) is 0 Å². The van der Waals surface area contributed by atoms with Crippen molar-refractivity contribution in [2.45, 2.75) is 6.42 Å². The van der Waals surface area contributed by atoms with E-state index < -0.39 is 0 Å². The van der Waals surface area contributed by atoms with Gasteiger partial charge in [0.15, 0.2) is 0 Å². The zero-order valence-electron chi connectivity index (χ0n) is 10.6. The summed E-state index contributed by atoms with van der Waals surface area (Å²) in [5.74, 6) is 1.22. The van der Waals surface area contributed by atoms with Crippen LogP contribution in [0, 0.1) is 0 Å². The molecule has 4 N–H and O–H groups in total. The fraction of sp³-hybridized carbons (Fsp3) is 0.385. The minimum absolute atomic E-state index is 0.0312. The van der Waals surface area contributed by atoms with Gasteiger partial charge in [-0.2, -0.15) is 4.98 Å². The van der Waals surface area contributed by atoms with Gasteiger partial charge in [-0.05, 0) is 18.6 Å². The van der Waals surface area contributed by atoms with Gasteiger partial charge in [-0.1, -0.05) is 12.1 Å². The van der Waals surface area contributed by atoms with Crippen molar-refractivity contribution in [1.82, 2.24) is 9.97 Å². The molecule has 102 valence electrons. The van der Waals surface area contributed by atoms with E-state index in [4.69, 9.17) is 10.2 Å². The Kier molecular flexibility index (Phi) is 4.88. The highest BCUT2D eigenvalue weighted by atomic mass is 16.3. The second kappa shape index (κ2) is 6.86. The SMILES string of the molecule is OCCCNc1nc(NCCO)nc2ccccc12. The summed E-state index contributed by atoms with van der Waals surface area (Å²) in [7, 11) is 0. The van der Waals surface area contributed by atoms with E-state index in [2.05, 4.69) is 20.6 Å². The zero-order chi connectivity index (χ0) is 13.5. The number of fused-ring (bicyclic) bond motifs is 1. The average Bonchev–Trinajstić information content (AvgIpc) is 2.45. The summed E-state index contributed by atoms with van der Waals surface area (Å²) in [6, 6.07) is 7.72. The molecule has 6 nitrogen and oxygen atoms in total. The minimum atomic E-state index is 0.0312. The van der Waals surface area contributed by atoms with Crippen molar-refractivity contribution in [1.29, 1.82) is 0 Å². The van der Waals surface area contributed by atoms with E-state index in [-0.39, 0.29) is 13.2 Å². The monoisotopic (exact) mass is 262 g/mol. The summed E-state index contributed by atoms with van der Waals surface area (Å²) in [6.07, 6.45) is 0.664. The Morgan fingerprint density at radius 3 is 2.58 bits per heavy atom. The predicted molar refractivity (Wildman–Crippen MR) is 75.3 cm³/mol. The van der Waals surface area contributed by atoms with Crippen molar-refractivity contribution in [3.05, 3.63) is 24.3 Å². The molecule has 0 radical (unpaired) electrons. The van der Waals surface area contributed by atoms with Crippen LogP contribution in [0.15, 0.2) is 24.3 Å². The third-order valence-electron chi connectivity index (χ3n) is 2.63. The summed E-state index contributed by atoms with van der Waals surface area (Å²) < 4.78 is 0. The lowest BCUT2D eigenvalue weighted by molar-refractivity contribution is 0.292. The molecule has 0 saturated heterocycles. The van der Waals surface area contributed by atoms with E-state index in [1.807, 2.05) is 24.3 Å². The van der Waals surface area contributed by atoms with Gasteiger partial charge in [0, 0.05) is 25.1 Å². The molecule has 19 heavy (non-hydrogen) atoms. The molecule has 1 heterocycles. The maximum Gasteiger partial charge on any atom is 0.225 e. The number of aliphatic hydroxyl groups excluding tert-OH is 2. The van der Waals surface area contributed by atoms with Crippen LogP contribution in [-0.2, 0) is 0 Å². The Bertz CT molecular complexity index is 533. The summed E-state index contributed by atoms with van der Waals surface area (Å²) in [5.41, 5.74) is 0.837. The smallest absolute Gasteiger partial charge is 0.225 e. The quantitative estimate of drug-likeness (QED) is 0.553. The molecule has 6 heteroatoms. The highest BCUT2D eigenvalue weighted by molar-refractivity contribution is 5.89. The summed E-state index contributed by atoms with van der Waals surface area (Å²) in [4.78, 5) is 8.76. The van der Waals surface area contributed by atoms with Crippen molar-refractivity contribution < 1.29 is 10.2 Å². The number of nitrogens with zero attached hydrogens (tertiary/aromatic N) is 2. The minimum Gasteiger partial charge on any atom is -0.396 e. The van der Waals surface area contributed by atoms with Gasteiger partial charge < -0.3 is 20.8 Å². The van der Waals surface area contributed by atoms with E-state index >= 15 is 0 Å². The second-order valence-electron chi connectivity index (χ2n) is 4.07. The van der Waals surface area contributed by atoms with Crippen molar-refractivity contribution >= 4 is 22.7 Å². The first kappa shape index (κ1) is 13.5. The average molecular weight is 262 g/mol. The molecular weight excluding hydrogens is 244 g/mol. The van der Waals surface area contributed by atoms with Crippen LogP contribution in [-0.4, -0.2) is 46.5 Å². The summed E-state index contributed by atoms with van der Waals surface area (Å²) in [5, 5.41) is 24.7. The molecule has 0 aliphatic heterocycles. The third-order valence-corrected chi connectivity index (χ3v) is 2.63. The molecule has 0 aliphatic carbocycles. The number of aliphatic hydroxyl groups is 2. The van der Waals surface area contributed by atoms with E-state index in [1.165, 1.54) is 0 Å². The van der Waals surface area contributed by atoms with Crippen LogP contribution in [0.2, 0.25) is 0 Å². The van der Waals surface area contributed by atoms with Crippen LogP contribution in [0.4, 0.5) is 11.8 Å². The van der Waals surface area contributed by atoms with Crippen LogP contribution in [0.25, 0.3) is 10.9 Å². The van der Waals surface area contributed by atoms with Crippen LogP contribution in [0.1, 0.15) is 6.42 Å². The number of hydrogen-bond donors (Lipinski definition) is 4. The topological polar surface area (TPSA) is 90.3 Å². The predicted octanol–water partition coefficient (Wildman–Crippen LogP) is 0.828. The Morgan fingerprint density at radius 1 is 0.947 bits per heavy atom. The first-order chi connectivity index (χ1) is 9.35. The number of nitrogens with one attached hydrogen (secondary N) is 2. The van der Waals surface area contributed by atoms with E-state index in [9.17, 15) is 0 Å². The molecule has 0 fully saturated rings. The number of rotatable bonds is 7. The molecule has 0 spiro atoms. The lowest BCUT2D eigenvalue weighted by atomic mass is 10.2. The lowest BCUT2D eigenvalue weighted by Crippen LogP contribution is -2.11. The maximum atomic E-state index is 8.82. The van der Waals surface area contributed by atoms with Crippen LogP contribution >= 0.6 is 0 Å². The molecule has 1 aromatic carbocycles. The molecular formula is C13H18N4O2. The van der Waals surface area contributed by atoms with Gasteiger partial charge in [-0.3, -0.25) is 0 Å². The maximum absolute atomic E-state index is 8.82. The normalized spacial score (nSPS) is 10.6. The first-order valence-electron chi connectivity index (χ1n) is 6.31. The van der Waals surface area contributed by atoms with Crippen molar-refractivity contribution in [3.63, 3.8) is 0 Å². The molecule has 0 saturated carbocycles. The highest BCUT2D eigenvalue weighted by Crippen LogP contribution is 2.21. The van der Waals surface area contributed by atoms with Gasteiger partial charge in [-0.15, -0.1) is 0 Å². The molecule has 2 rings (SSSR count). The zero-order valence-corrected chi connectivity index (χ0v) is 10.6. The standard InChI is InChI=1S/C13H18N4O2/c18-8-3-6-14-12-10-4-1-2-5-11(10)16-13(17-12)15-7-9-19/h1-2,4-5,18-19H,3,6-9H2,(H2,14,15,16,17). The van der Waals surface area contributed by atoms with Gasteiger partial charge in [0.1, 0.15) is 5.82 Å². The lowest BCUT2D eigenvalue weighted by Gasteiger charge is -2.11. The Hall–Kier alpha value is -1.92. The number of aromatic nitrogens is 2. The van der Waals surface area contributed by atoms with E-state index in [0.29, 0.717) is 25.5 Å². The molecule has 0 bridgehead atoms. The van der Waals surface area contributed by atoms with Crippen LogP contribution in [0.3, 0.4) is 0 Å². The summed E-state index contributed by atoms with van der Waals surface area (Å²) >= 11 is 0. The first-order valence-corrected chi connectivity index (χ1v) is 6.31. The highest BCUT2D eigenvalue weighted by Gasteiger charge is 2.06. The third kappa shape index (κ3) is 3.52. The van der Waals surface area contributed by atoms with Gasteiger partial charge in [-0.25, -0.2) is 4.98 Å². The van der Waals surface area contributed by atoms with Gasteiger partial charge >= 0.3 is 0 Å². The van der Waals surface area contributed by atoms with Crippen molar-refractivity contribution in [3.8, 4) is 0 Å². The Morgan fingerprint density at radius 2 is 1.79 bits per heavy atom. The van der Waals surface area contributed by atoms with Crippen molar-refractivity contribution in [2.75, 3.05) is 36.9 Å². The Labute approximate surface area is 111 Å². The number of para-hydroxylation sites is 1. The van der Waals surface area contributed by atoms with E-state index in [0.717, 1.165) is 16.7 Å². The molecule has 1 aromatic heterocycles.